The van der Waals surface area contributed by atoms with Gasteiger partial charge in [0.25, 0.3) is 0 Å². The summed E-state index contributed by atoms with van der Waals surface area (Å²) >= 11 is 0. The Kier molecular flexibility index (Phi) is 3.33. The molecular weight excluding hydrogens is 204 g/mol. The normalized spacial score (nSPS) is 17.9. The number of hydrogen-bond donors (Lipinski definition) is 1. The van der Waals surface area contributed by atoms with E-state index in [9.17, 15) is 0 Å². The van der Waals surface area contributed by atoms with Crippen LogP contribution in [0.3, 0.4) is 0 Å². The van der Waals surface area contributed by atoms with E-state index in [4.69, 9.17) is 10.5 Å². The third-order valence-corrected chi connectivity index (χ3v) is 2.79. The van der Waals surface area contributed by atoms with E-state index in [-0.39, 0.29) is 5.92 Å². The highest BCUT2D eigenvalue weighted by atomic mass is 16.5. The van der Waals surface area contributed by atoms with Crippen molar-refractivity contribution in [3.8, 4) is 0 Å². The van der Waals surface area contributed by atoms with E-state index in [0.717, 1.165) is 37.7 Å². The first-order valence-electron chi connectivity index (χ1n) is 5.76. The number of nitrogens with two attached hydrogens (primary N) is 1. The summed E-state index contributed by atoms with van der Waals surface area (Å²) in [5.41, 5.74) is 5.71. The van der Waals surface area contributed by atoms with Crippen molar-refractivity contribution in [1.82, 2.24) is 15.0 Å². The zero-order valence-corrected chi connectivity index (χ0v) is 9.81. The Morgan fingerprint density at radius 3 is 2.50 bits per heavy atom. The molecule has 0 bridgehead atoms. The van der Waals surface area contributed by atoms with Gasteiger partial charge < -0.3 is 10.5 Å². The zero-order chi connectivity index (χ0) is 11.5. The first-order valence-corrected chi connectivity index (χ1v) is 5.76. The minimum Gasteiger partial charge on any atom is -0.381 e. The predicted octanol–water partition coefficient (Wildman–Crippen LogP) is 1.47. The van der Waals surface area contributed by atoms with Crippen molar-refractivity contribution < 1.29 is 4.74 Å². The molecule has 0 aliphatic carbocycles. The molecule has 16 heavy (non-hydrogen) atoms. The van der Waals surface area contributed by atoms with Crippen LogP contribution in [0.4, 0.5) is 5.95 Å². The fourth-order valence-electron chi connectivity index (χ4n) is 1.82. The number of nitrogen functional groups attached to an aromatic ring is 1. The van der Waals surface area contributed by atoms with Gasteiger partial charge in [-0.15, -0.1) is 0 Å². The topological polar surface area (TPSA) is 73.9 Å². The van der Waals surface area contributed by atoms with Gasteiger partial charge in [0.15, 0.2) is 0 Å². The zero-order valence-electron chi connectivity index (χ0n) is 9.81. The summed E-state index contributed by atoms with van der Waals surface area (Å²) < 4.78 is 5.33. The molecule has 2 rings (SSSR count). The Balaban J connectivity index is 2.25. The number of ether oxygens (including phenoxy) is 1. The maximum atomic E-state index is 5.71. The Hall–Kier alpha value is -1.23. The molecular formula is C11H18N4O. The van der Waals surface area contributed by atoms with E-state index in [1.54, 1.807) is 0 Å². The second-order valence-electron chi connectivity index (χ2n) is 4.45. The van der Waals surface area contributed by atoms with Crippen molar-refractivity contribution in [3.63, 3.8) is 0 Å². The molecule has 0 amide bonds. The van der Waals surface area contributed by atoms with E-state index < -0.39 is 0 Å². The maximum absolute atomic E-state index is 5.71. The summed E-state index contributed by atoms with van der Waals surface area (Å²) in [5.74, 6) is 2.61. The quantitative estimate of drug-likeness (QED) is 0.820. The van der Waals surface area contributed by atoms with Crippen molar-refractivity contribution >= 4 is 5.95 Å². The van der Waals surface area contributed by atoms with E-state index >= 15 is 0 Å². The molecule has 1 aromatic heterocycles. The molecule has 0 spiro atoms. The van der Waals surface area contributed by atoms with Crippen LogP contribution in [0.15, 0.2) is 0 Å². The van der Waals surface area contributed by atoms with Gasteiger partial charge in [-0.1, -0.05) is 13.8 Å². The van der Waals surface area contributed by atoms with Crippen LogP contribution in [-0.4, -0.2) is 28.2 Å². The number of anilines is 1. The van der Waals surface area contributed by atoms with Gasteiger partial charge >= 0.3 is 0 Å². The highest BCUT2D eigenvalue weighted by Crippen LogP contribution is 2.25. The molecule has 0 saturated carbocycles. The number of aromatic nitrogens is 3. The van der Waals surface area contributed by atoms with Crippen LogP contribution in [0, 0.1) is 0 Å². The van der Waals surface area contributed by atoms with Gasteiger partial charge in [0.1, 0.15) is 11.6 Å². The highest BCUT2D eigenvalue weighted by molar-refractivity contribution is 5.18. The SMILES string of the molecule is CC(C)c1nc(N)nc(C2CCOCC2)n1. The fourth-order valence-corrected chi connectivity index (χ4v) is 1.82. The van der Waals surface area contributed by atoms with Crippen molar-refractivity contribution in [2.75, 3.05) is 18.9 Å². The summed E-state index contributed by atoms with van der Waals surface area (Å²) in [6.07, 6.45) is 1.95. The predicted molar refractivity (Wildman–Crippen MR) is 61.1 cm³/mol. The molecule has 2 N–H and O–H groups in total. The maximum Gasteiger partial charge on any atom is 0.223 e. The fraction of sp³-hybridized carbons (Fsp3) is 0.727. The van der Waals surface area contributed by atoms with E-state index in [1.165, 1.54) is 0 Å². The summed E-state index contributed by atoms with van der Waals surface area (Å²) in [6, 6.07) is 0. The lowest BCUT2D eigenvalue weighted by molar-refractivity contribution is 0.0835. The van der Waals surface area contributed by atoms with E-state index in [1.807, 2.05) is 0 Å². The largest absolute Gasteiger partial charge is 0.381 e. The Labute approximate surface area is 95.5 Å². The molecule has 1 fully saturated rings. The number of hydrogen-bond acceptors (Lipinski definition) is 5. The van der Waals surface area contributed by atoms with E-state index in [0.29, 0.717) is 11.9 Å². The van der Waals surface area contributed by atoms with Gasteiger partial charge in [0.2, 0.25) is 5.95 Å². The molecule has 0 atom stereocenters. The highest BCUT2D eigenvalue weighted by Gasteiger charge is 2.20. The Bertz CT molecular complexity index is 361. The van der Waals surface area contributed by atoms with Crippen LogP contribution >= 0.6 is 0 Å². The van der Waals surface area contributed by atoms with Crippen molar-refractivity contribution in [2.45, 2.75) is 38.5 Å². The smallest absolute Gasteiger partial charge is 0.223 e. The van der Waals surface area contributed by atoms with Gasteiger partial charge in [-0.25, -0.2) is 4.98 Å². The first kappa shape index (κ1) is 11.3. The van der Waals surface area contributed by atoms with Crippen LogP contribution in [-0.2, 0) is 4.74 Å². The molecule has 5 heteroatoms. The minimum atomic E-state index is 0.281. The second-order valence-corrected chi connectivity index (χ2v) is 4.45. The molecule has 2 heterocycles. The Morgan fingerprint density at radius 1 is 1.19 bits per heavy atom. The van der Waals surface area contributed by atoms with Crippen LogP contribution in [0.25, 0.3) is 0 Å². The van der Waals surface area contributed by atoms with Crippen LogP contribution in [0.2, 0.25) is 0 Å². The van der Waals surface area contributed by atoms with Crippen LogP contribution < -0.4 is 5.73 Å². The van der Waals surface area contributed by atoms with Crippen molar-refractivity contribution in [2.24, 2.45) is 0 Å². The number of rotatable bonds is 2. The third-order valence-electron chi connectivity index (χ3n) is 2.79. The molecule has 1 saturated heterocycles. The summed E-state index contributed by atoms with van der Waals surface area (Å²) in [5, 5.41) is 0. The van der Waals surface area contributed by atoms with E-state index in [2.05, 4.69) is 28.8 Å². The molecule has 1 aliphatic rings. The molecule has 5 nitrogen and oxygen atoms in total. The molecule has 0 aromatic carbocycles. The van der Waals surface area contributed by atoms with Crippen molar-refractivity contribution in [1.29, 1.82) is 0 Å². The van der Waals surface area contributed by atoms with Gasteiger partial charge in [-0.05, 0) is 12.8 Å². The summed E-state index contributed by atoms with van der Waals surface area (Å²) in [4.78, 5) is 12.9. The molecule has 88 valence electrons. The van der Waals surface area contributed by atoms with Gasteiger partial charge in [0, 0.05) is 25.0 Å². The molecule has 1 aromatic rings. The molecule has 0 unspecified atom stereocenters. The number of nitrogens with zero attached hydrogens (tertiary/aromatic N) is 3. The lowest BCUT2D eigenvalue weighted by Crippen LogP contribution is -2.18. The molecule has 0 radical (unpaired) electrons. The summed E-state index contributed by atoms with van der Waals surface area (Å²) in [7, 11) is 0. The lowest BCUT2D eigenvalue weighted by Gasteiger charge is -2.21. The minimum absolute atomic E-state index is 0.281. The van der Waals surface area contributed by atoms with Gasteiger partial charge in [-0.3, -0.25) is 0 Å². The standard InChI is InChI=1S/C11H18N4O/c1-7(2)9-13-10(15-11(12)14-9)8-3-5-16-6-4-8/h7-8H,3-6H2,1-2H3,(H2,12,13,14,15). The summed E-state index contributed by atoms with van der Waals surface area (Å²) in [6.45, 7) is 5.69. The third kappa shape index (κ3) is 2.47. The molecule has 1 aliphatic heterocycles. The Morgan fingerprint density at radius 2 is 1.88 bits per heavy atom. The lowest BCUT2D eigenvalue weighted by atomic mass is 9.99. The van der Waals surface area contributed by atoms with Crippen LogP contribution in [0.1, 0.15) is 50.2 Å². The van der Waals surface area contributed by atoms with Gasteiger partial charge in [0.05, 0.1) is 0 Å². The average molecular weight is 222 g/mol. The van der Waals surface area contributed by atoms with Crippen LogP contribution in [0.5, 0.6) is 0 Å². The van der Waals surface area contributed by atoms with Crippen molar-refractivity contribution in [3.05, 3.63) is 11.6 Å². The van der Waals surface area contributed by atoms with Gasteiger partial charge in [-0.2, -0.15) is 9.97 Å². The average Bonchev–Trinajstić information content (AvgIpc) is 2.29. The second kappa shape index (κ2) is 4.74. The monoisotopic (exact) mass is 222 g/mol. The first-order chi connectivity index (χ1) is 7.66.